The van der Waals surface area contributed by atoms with Crippen LogP contribution < -0.4 is 4.74 Å². The zero-order valence-corrected chi connectivity index (χ0v) is 12.6. The van der Waals surface area contributed by atoms with E-state index in [4.69, 9.17) is 4.74 Å². The van der Waals surface area contributed by atoms with Crippen LogP contribution in [0.3, 0.4) is 0 Å². The van der Waals surface area contributed by atoms with E-state index >= 15 is 0 Å². The number of rotatable bonds is 6. The molecule has 0 aromatic heterocycles. The van der Waals surface area contributed by atoms with Gasteiger partial charge in [-0.05, 0) is 35.7 Å². The van der Waals surface area contributed by atoms with E-state index in [1.54, 1.807) is 0 Å². The molecule has 0 fully saturated rings. The molecule has 1 N–H and O–H groups in total. The molecule has 0 saturated heterocycles. The third kappa shape index (κ3) is 3.01. The lowest BCUT2D eigenvalue weighted by molar-refractivity contribution is -0.107. The first-order valence-electron chi connectivity index (χ1n) is 7.53. The number of benzene rings is 2. The molecule has 1 aliphatic rings. The van der Waals surface area contributed by atoms with Gasteiger partial charge in [0.05, 0.1) is 0 Å². The molecule has 0 bridgehead atoms. The second kappa shape index (κ2) is 6.92. The molecule has 0 saturated carbocycles. The summed E-state index contributed by atoms with van der Waals surface area (Å²) in [5, 5.41) is 12.8. The van der Waals surface area contributed by atoms with Gasteiger partial charge in [0.25, 0.3) is 0 Å². The molecule has 4 nitrogen and oxygen atoms in total. The highest BCUT2D eigenvalue weighted by Crippen LogP contribution is 2.38. The predicted octanol–water partition coefficient (Wildman–Crippen LogP) is 3.81. The Balaban J connectivity index is 1.77. The van der Waals surface area contributed by atoms with Crippen LogP contribution in [0.5, 0.6) is 5.75 Å². The summed E-state index contributed by atoms with van der Waals surface area (Å²) in [5.41, 5.74) is 4.48. The Hall–Kier alpha value is -2.88. The van der Waals surface area contributed by atoms with Gasteiger partial charge in [-0.25, -0.2) is 0 Å². The predicted molar refractivity (Wildman–Crippen MR) is 89.2 cm³/mol. The largest absolute Gasteiger partial charge is 0.490 e. The molecule has 0 spiro atoms. The zero-order chi connectivity index (χ0) is 16.1. The Morgan fingerprint density at radius 3 is 2.52 bits per heavy atom. The minimum Gasteiger partial charge on any atom is -0.490 e. The zero-order valence-electron chi connectivity index (χ0n) is 12.6. The van der Waals surface area contributed by atoms with Crippen molar-refractivity contribution in [2.45, 2.75) is 12.8 Å². The Morgan fingerprint density at radius 1 is 0.957 bits per heavy atom. The normalized spacial score (nSPS) is 14.0. The van der Waals surface area contributed by atoms with Crippen LogP contribution in [0.4, 0.5) is 0 Å². The monoisotopic (exact) mass is 307 g/mol. The van der Waals surface area contributed by atoms with Gasteiger partial charge in [0.2, 0.25) is 0 Å². The Kier molecular flexibility index (Phi) is 4.52. The highest BCUT2D eigenvalue weighted by molar-refractivity contribution is 6.24. The minimum atomic E-state index is 0.441. The van der Waals surface area contributed by atoms with Crippen LogP contribution in [0.25, 0.3) is 11.1 Å². The van der Waals surface area contributed by atoms with Crippen LogP contribution in [0.1, 0.15) is 24.0 Å². The van der Waals surface area contributed by atoms with Crippen molar-refractivity contribution in [1.29, 1.82) is 0 Å². The van der Waals surface area contributed by atoms with Gasteiger partial charge in [-0.1, -0.05) is 41.6 Å². The molecule has 0 aliphatic heterocycles. The Bertz CT molecular complexity index is 778. The SMILES string of the molecule is O=CCC/C=C/COc1ccc2c(c1)/C(=N\O)c1ccccc1-2. The summed E-state index contributed by atoms with van der Waals surface area (Å²) in [5.74, 6) is 0.720. The average Bonchev–Trinajstić information content (AvgIpc) is 2.91. The molecule has 0 radical (unpaired) electrons. The van der Waals surface area contributed by atoms with Crippen molar-refractivity contribution in [3.05, 3.63) is 65.7 Å². The number of carbonyl (C=O) groups excluding carboxylic acids is 1. The molecule has 0 heterocycles. The number of hydrogen-bond donors (Lipinski definition) is 1. The molecule has 2 aromatic rings. The number of oxime groups is 1. The number of allylic oxidation sites excluding steroid dienone is 1. The minimum absolute atomic E-state index is 0.441. The molecule has 116 valence electrons. The molecule has 2 aromatic carbocycles. The Morgan fingerprint density at radius 2 is 1.74 bits per heavy atom. The first-order chi connectivity index (χ1) is 11.3. The summed E-state index contributed by atoms with van der Waals surface area (Å²) in [6.45, 7) is 0.441. The first kappa shape index (κ1) is 15.0. The molecule has 3 rings (SSSR count). The second-order valence-corrected chi connectivity index (χ2v) is 5.23. The van der Waals surface area contributed by atoms with Gasteiger partial charge in [-0.3, -0.25) is 0 Å². The fourth-order valence-electron chi connectivity index (χ4n) is 2.72. The lowest BCUT2D eigenvalue weighted by Gasteiger charge is -2.06. The number of carbonyl (C=O) groups is 1. The summed E-state index contributed by atoms with van der Waals surface area (Å²) in [4.78, 5) is 10.2. The quantitative estimate of drug-likeness (QED) is 0.248. The number of ether oxygens (including phenoxy) is 1. The van der Waals surface area contributed by atoms with Crippen molar-refractivity contribution in [3.8, 4) is 16.9 Å². The van der Waals surface area contributed by atoms with Crippen molar-refractivity contribution in [2.24, 2.45) is 5.16 Å². The first-order valence-corrected chi connectivity index (χ1v) is 7.53. The molecule has 0 unspecified atom stereocenters. The van der Waals surface area contributed by atoms with Gasteiger partial charge < -0.3 is 14.7 Å². The van der Waals surface area contributed by atoms with Crippen molar-refractivity contribution in [3.63, 3.8) is 0 Å². The van der Waals surface area contributed by atoms with Crippen LogP contribution in [0.15, 0.2) is 59.8 Å². The van der Waals surface area contributed by atoms with Gasteiger partial charge in [0, 0.05) is 17.5 Å². The second-order valence-electron chi connectivity index (χ2n) is 5.23. The van der Waals surface area contributed by atoms with Crippen molar-refractivity contribution >= 4 is 12.0 Å². The van der Waals surface area contributed by atoms with Crippen molar-refractivity contribution in [2.75, 3.05) is 6.61 Å². The fraction of sp³-hybridized carbons (Fsp3) is 0.158. The van der Waals surface area contributed by atoms with Crippen molar-refractivity contribution in [1.82, 2.24) is 0 Å². The van der Waals surface area contributed by atoms with Crippen LogP contribution in [0, 0.1) is 0 Å². The molecular weight excluding hydrogens is 290 g/mol. The van der Waals surface area contributed by atoms with Gasteiger partial charge in [0.1, 0.15) is 24.4 Å². The van der Waals surface area contributed by atoms with Crippen molar-refractivity contribution < 1.29 is 14.7 Å². The molecule has 1 aliphatic carbocycles. The molecule has 23 heavy (non-hydrogen) atoms. The molecule has 0 atom stereocenters. The lowest BCUT2D eigenvalue weighted by Crippen LogP contribution is -1.99. The third-order valence-electron chi connectivity index (χ3n) is 3.78. The summed E-state index contributed by atoms with van der Waals surface area (Å²) in [7, 11) is 0. The highest BCUT2D eigenvalue weighted by atomic mass is 16.5. The summed E-state index contributed by atoms with van der Waals surface area (Å²) < 4.78 is 5.69. The maximum absolute atomic E-state index is 10.2. The van der Waals surface area contributed by atoms with Gasteiger partial charge >= 0.3 is 0 Å². The van der Waals surface area contributed by atoms with E-state index in [-0.39, 0.29) is 0 Å². The van der Waals surface area contributed by atoms with E-state index in [9.17, 15) is 10.0 Å². The number of aldehydes is 1. The summed E-state index contributed by atoms with van der Waals surface area (Å²) >= 11 is 0. The number of nitrogens with zero attached hydrogens (tertiary/aromatic N) is 1. The van der Waals surface area contributed by atoms with E-state index in [1.165, 1.54) is 0 Å². The number of unbranched alkanes of at least 4 members (excludes halogenated alkanes) is 1. The highest BCUT2D eigenvalue weighted by Gasteiger charge is 2.25. The topological polar surface area (TPSA) is 58.9 Å². The van der Waals surface area contributed by atoms with Gasteiger partial charge in [-0.15, -0.1) is 0 Å². The van der Waals surface area contributed by atoms with E-state index < -0.39 is 0 Å². The third-order valence-corrected chi connectivity index (χ3v) is 3.78. The van der Waals surface area contributed by atoms with E-state index in [1.807, 2.05) is 54.6 Å². The lowest BCUT2D eigenvalue weighted by atomic mass is 10.1. The van der Waals surface area contributed by atoms with Gasteiger partial charge in [-0.2, -0.15) is 0 Å². The molecule has 0 amide bonds. The summed E-state index contributed by atoms with van der Waals surface area (Å²) in [6, 6.07) is 13.6. The van der Waals surface area contributed by atoms with Crippen LogP contribution in [-0.2, 0) is 4.79 Å². The number of hydrogen-bond acceptors (Lipinski definition) is 4. The van der Waals surface area contributed by atoms with Crippen LogP contribution >= 0.6 is 0 Å². The average molecular weight is 307 g/mol. The molecule has 4 heteroatoms. The van der Waals surface area contributed by atoms with Crippen LogP contribution in [-0.4, -0.2) is 23.8 Å². The smallest absolute Gasteiger partial charge is 0.120 e. The maximum Gasteiger partial charge on any atom is 0.120 e. The molecular formula is C19H17NO3. The van der Waals surface area contributed by atoms with E-state index in [0.29, 0.717) is 18.7 Å². The van der Waals surface area contributed by atoms with Crippen LogP contribution in [0.2, 0.25) is 0 Å². The standard InChI is InChI=1S/C19H17NO3/c21-11-5-1-2-6-12-23-14-9-10-16-15-7-3-4-8-17(15)19(20-22)18(16)13-14/h2-4,6-11,13,22H,1,5,12H2/b6-2+,20-19-. The Labute approximate surface area is 134 Å². The summed E-state index contributed by atoms with van der Waals surface area (Å²) in [6.07, 6.45) is 5.99. The number of fused-ring (bicyclic) bond motifs is 3. The van der Waals surface area contributed by atoms with E-state index in [2.05, 4.69) is 5.16 Å². The van der Waals surface area contributed by atoms with E-state index in [0.717, 1.165) is 40.7 Å². The fourth-order valence-corrected chi connectivity index (χ4v) is 2.72. The van der Waals surface area contributed by atoms with Gasteiger partial charge in [0.15, 0.2) is 0 Å². The maximum atomic E-state index is 10.2.